The number of amides is 1. The largest absolute Gasteiger partial charge is 0.453 e. The molecule has 0 fully saturated rings. The van der Waals surface area contributed by atoms with Gasteiger partial charge in [0, 0.05) is 42.7 Å². The summed E-state index contributed by atoms with van der Waals surface area (Å²) in [5.74, 6) is 0.608. The monoisotopic (exact) mass is 428 g/mol. The number of nitrogens with zero attached hydrogens (tertiary/aromatic N) is 3. The van der Waals surface area contributed by atoms with E-state index < -0.39 is 6.09 Å². The number of carbonyl (C=O) groups is 2. The molecule has 0 bridgehead atoms. The number of aliphatic imine (C=N–C) groups is 1. The van der Waals surface area contributed by atoms with E-state index in [0.29, 0.717) is 23.2 Å². The molecule has 1 amide bonds. The predicted octanol–water partition coefficient (Wildman–Crippen LogP) is 4.57. The van der Waals surface area contributed by atoms with E-state index >= 15 is 0 Å². The molecule has 1 aliphatic carbocycles. The van der Waals surface area contributed by atoms with Crippen LogP contribution in [0.2, 0.25) is 0 Å². The highest BCUT2D eigenvalue weighted by atomic mass is 16.5. The number of ether oxygens (including phenoxy) is 1. The highest BCUT2D eigenvalue weighted by Gasteiger charge is 2.29. The number of fused-ring (bicyclic) bond motifs is 1. The zero-order valence-electron chi connectivity index (χ0n) is 18.5. The SMILES string of the molecule is COC(=O)Nc1ccccc1C1=C2C(C(=O)c3cc(C)nc(N(C)C)c3)=CN=C2C=CC1. The lowest BCUT2D eigenvalue weighted by Gasteiger charge is -2.20. The maximum atomic E-state index is 13.6. The molecule has 0 unspecified atom stereocenters. The van der Waals surface area contributed by atoms with Crippen LogP contribution < -0.4 is 10.2 Å². The van der Waals surface area contributed by atoms with Crippen LogP contribution in [0.1, 0.15) is 28.0 Å². The fourth-order valence-corrected chi connectivity index (χ4v) is 3.83. The molecule has 7 heteroatoms. The summed E-state index contributed by atoms with van der Waals surface area (Å²) in [7, 11) is 5.11. The van der Waals surface area contributed by atoms with E-state index in [2.05, 4.69) is 15.3 Å². The number of aromatic nitrogens is 1. The lowest BCUT2D eigenvalue weighted by Crippen LogP contribution is -2.16. The van der Waals surface area contributed by atoms with E-state index in [4.69, 9.17) is 4.74 Å². The molecule has 1 aliphatic heterocycles. The van der Waals surface area contributed by atoms with Crippen LogP contribution in [0.4, 0.5) is 16.3 Å². The molecular formula is C25H24N4O3. The van der Waals surface area contributed by atoms with Gasteiger partial charge < -0.3 is 9.64 Å². The van der Waals surface area contributed by atoms with Crippen LogP contribution in [0.3, 0.4) is 0 Å². The fourth-order valence-electron chi connectivity index (χ4n) is 3.83. The van der Waals surface area contributed by atoms with Gasteiger partial charge >= 0.3 is 6.09 Å². The van der Waals surface area contributed by atoms with Crippen LogP contribution in [0.15, 0.2) is 70.9 Å². The number of rotatable bonds is 5. The van der Waals surface area contributed by atoms with Gasteiger partial charge in [-0.05, 0) is 43.2 Å². The van der Waals surface area contributed by atoms with Crippen molar-refractivity contribution in [1.29, 1.82) is 0 Å². The third kappa shape index (κ3) is 3.97. The number of hydrogen-bond donors (Lipinski definition) is 1. The number of anilines is 2. The lowest BCUT2D eigenvalue weighted by molar-refractivity contribution is 0.103. The quantitative estimate of drug-likeness (QED) is 0.706. The van der Waals surface area contributed by atoms with Gasteiger partial charge in [0.2, 0.25) is 0 Å². The van der Waals surface area contributed by atoms with E-state index in [1.807, 2.05) is 62.3 Å². The highest BCUT2D eigenvalue weighted by Crippen LogP contribution is 2.38. The lowest BCUT2D eigenvalue weighted by atomic mass is 9.84. The van der Waals surface area contributed by atoms with Crippen LogP contribution in [0.25, 0.3) is 5.57 Å². The number of Topliss-reactive ketones (excluding diaryl/α,β-unsaturated/α-hetero) is 1. The minimum Gasteiger partial charge on any atom is -0.453 e. The first-order valence-corrected chi connectivity index (χ1v) is 10.2. The zero-order chi connectivity index (χ0) is 22.8. The smallest absolute Gasteiger partial charge is 0.411 e. The van der Waals surface area contributed by atoms with Gasteiger partial charge in [0.1, 0.15) is 5.82 Å². The second kappa shape index (κ2) is 8.63. The highest BCUT2D eigenvalue weighted by molar-refractivity contribution is 6.29. The van der Waals surface area contributed by atoms with Crippen molar-refractivity contribution in [3.05, 3.63) is 82.7 Å². The molecule has 0 saturated heterocycles. The molecule has 0 atom stereocenters. The summed E-state index contributed by atoms with van der Waals surface area (Å²) in [5.41, 5.74) is 5.75. The molecule has 4 rings (SSSR count). The van der Waals surface area contributed by atoms with Crippen molar-refractivity contribution in [3.63, 3.8) is 0 Å². The number of pyridine rings is 1. The van der Waals surface area contributed by atoms with Crippen LogP contribution in [0.5, 0.6) is 0 Å². The molecule has 1 aromatic carbocycles. The second-order valence-corrected chi connectivity index (χ2v) is 7.76. The summed E-state index contributed by atoms with van der Waals surface area (Å²) in [6.45, 7) is 1.87. The van der Waals surface area contributed by atoms with E-state index in [1.165, 1.54) is 7.11 Å². The number of carbonyl (C=O) groups excluding carboxylic acids is 2. The van der Waals surface area contributed by atoms with E-state index in [1.54, 1.807) is 18.3 Å². The Kier molecular flexibility index (Phi) is 5.73. The van der Waals surface area contributed by atoms with E-state index in [-0.39, 0.29) is 5.78 Å². The van der Waals surface area contributed by atoms with Crippen molar-refractivity contribution >= 4 is 34.7 Å². The number of nitrogens with one attached hydrogen (secondary N) is 1. The van der Waals surface area contributed by atoms with E-state index in [9.17, 15) is 9.59 Å². The molecule has 0 spiro atoms. The number of allylic oxidation sites excluding steroid dienone is 5. The molecule has 162 valence electrons. The summed E-state index contributed by atoms with van der Waals surface area (Å²) in [6.07, 6.45) is 5.62. The Bertz CT molecular complexity index is 1240. The van der Waals surface area contributed by atoms with Crippen LogP contribution >= 0.6 is 0 Å². The Hall–Kier alpha value is -4.00. The Labute approximate surface area is 186 Å². The number of aryl methyl sites for hydroxylation is 1. The van der Waals surface area contributed by atoms with Gasteiger partial charge in [-0.15, -0.1) is 0 Å². The predicted molar refractivity (Wildman–Crippen MR) is 126 cm³/mol. The maximum Gasteiger partial charge on any atom is 0.411 e. The Morgan fingerprint density at radius 2 is 1.94 bits per heavy atom. The van der Waals surface area contributed by atoms with Gasteiger partial charge in [-0.25, -0.2) is 9.78 Å². The first-order valence-electron chi connectivity index (χ1n) is 10.2. The van der Waals surface area contributed by atoms with Gasteiger partial charge in [0.25, 0.3) is 0 Å². The Morgan fingerprint density at radius 3 is 2.69 bits per heavy atom. The Morgan fingerprint density at radius 1 is 1.16 bits per heavy atom. The molecule has 2 aliphatic rings. The average molecular weight is 428 g/mol. The minimum absolute atomic E-state index is 0.112. The summed E-state index contributed by atoms with van der Waals surface area (Å²) >= 11 is 0. The molecule has 1 N–H and O–H groups in total. The number of methoxy groups -OCH3 is 1. The topological polar surface area (TPSA) is 83.9 Å². The summed E-state index contributed by atoms with van der Waals surface area (Å²) in [6, 6.07) is 11.1. The van der Waals surface area contributed by atoms with Gasteiger partial charge in [-0.2, -0.15) is 0 Å². The molecule has 0 saturated carbocycles. The molecule has 2 heterocycles. The van der Waals surface area contributed by atoms with Crippen molar-refractivity contribution < 1.29 is 14.3 Å². The van der Waals surface area contributed by atoms with Crippen LogP contribution in [-0.2, 0) is 4.74 Å². The summed E-state index contributed by atoms with van der Waals surface area (Å²) in [5, 5.41) is 2.76. The molecule has 1 aromatic heterocycles. The molecular weight excluding hydrogens is 404 g/mol. The minimum atomic E-state index is -0.551. The number of ketones is 1. The summed E-state index contributed by atoms with van der Waals surface area (Å²) in [4.78, 5) is 36.3. The second-order valence-electron chi connectivity index (χ2n) is 7.76. The van der Waals surface area contributed by atoms with Crippen molar-refractivity contribution in [2.24, 2.45) is 4.99 Å². The average Bonchev–Trinajstić information content (AvgIpc) is 3.23. The Balaban J connectivity index is 1.80. The standard InChI is InChI=1S/C25H24N4O3/c1-15-12-16(13-22(27-15)29(2)3)24(30)19-14-26-21-11-7-9-18(23(19)21)17-8-5-6-10-20(17)28-25(31)32-4/h5-8,10-14H,9H2,1-4H3,(H,28,31). The van der Waals surface area contributed by atoms with Crippen LogP contribution in [0, 0.1) is 6.92 Å². The number of benzene rings is 1. The normalized spacial score (nSPS) is 14.5. The van der Waals surface area contributed by atoms with E-state index in [0.717, 1.165) is 33.9 Å². The van der Waals surface area contributed by atoms with Gasteiger partial charge in [0.05, 0.1) is 24.1 Å². The number of para-hydroxylation sites is 1. The molecule has 32 heavy (non-hydrogen) atoms. The van der Waals surface area contributed by atoms with Crippen molar-refractivity contribution in [2.75, 3.05) is 31.4 Å². The summed E-state index contributed by atoms with van der Waals surface area (Å²) < 4.78 is 4.76. The van der Waals surface area contributed by atoms with Gasteiger partial charge in [-0.3, -0.25) is 15.1 Å². The third-order valence-corrected chi connectivity index (χ3v) is 5.34. The first kappa shape index (κ1) is 21.2. The van der Waals surface area contributed by atoms with Crippen molar-refractivity contribution in [2.45, 2.75) is 13.3 Å². The van der Waals surface area contributed by atoms with Crippen LogP contribution in [-0.4, -0.2) is 43.8 Å². The number of hydrogen-bond acceptors (Lipinski definition) is 6. The van der Waals surface area contributed by atoms with Crippen molar-refractivity contribution in [1.82, 2.24) is 4.98 Å². The molecule has 0 radical (unpaired) electrons. The first-order chi connectivity index (χ1) is 15.4. The third-order valence-electron chi connectivity index (χ3n) is 5.34. The van der Waals surface area contributed by atoms with Gasteiger partial charge in [-0.1, -0.05) is 24.3 Å². The molecule has 7 nitrogen and oxygen atoms in total. The zero-order valence-corrected chi connectivity index (χ0v) is 18.5. The fraction of sp³-hybridized carbons (Fsp3) is 0.200. The van der Waals surface area contributed by atoms with Gasteiger partial charge in [0.15, 0.2) is 5.78 Å². The maximum absolute atomic E-state index is 13.6. The van der Waals surface area contributed by atoms with Crippen molar-refractivity contribution in [3.8, 4) is 0 Å². The molecule has 2 aromatic rings.